The summed E-state index contributed by atoms with van der Waals surface area (Å²) < 4.78 is 2.90. The highest BCUT2D eigenvalue weighted by Crippen LogP contribution is 2.22. The van der Waals surface area contributed by atoms with Crippen LogP contribution in [0.3, 0.4) is 0 Å². The first kappa shape index (κ1) is 14.7. The maximum Gasteiger partial charge on any atom is 0.256 e. The molecular formula is C12H10Br2N4O2. The van der Waals surface area contributed by atoms with Crippen LogP contribution in [0.5, 0.6) is 0 Å². The van der Waals surface area contributed by atoms with Gasteiger partial charge in [0.25, 0.3) is 5.91 Å². The van der Waals surface area contributed by atoms with Gasteiger partial charge in [0.1, 0.15) is 6.54 Å². The first-order valence-corrected chi connectivity index (χ1v) is 7.11. The van der Waals surface area contributed by atoms with Gasteiger partial charge >= 0.3 is 0 Å². The number of rotatable bonds is 4. The van der Waals surface area contributed by atoms with Crippen molar-refractivity contribution < 1.29 is 9.59 Å². The fraction of sp³-hybridized carbons (Fsp3) is 0.0833. The van der Waals surface area contributed by atoms with Gasteiger partial charge in [-0.15, -0.1) is 0 Å². The minimum Gasteiger partial charge on any atom is -0.368 e. The van der Waals surface area contributed by atoms with Gasteiger partial charge in [-0.2, -0.15) is 5.10 Å². The van der Waals surface area contributed by atoms with Crippen LogP contribution in [0.4, 0.5) is 5.69 Å². The van der Waals surface area contributed by atoms with Gasteiger partial charge < -0.3 is 11.1 Å². The number of primary amides is 1. The third-order valence-corrected chi connectivity index (χ3v) is 3.53. The fourth-order valence-electron chi connectivity index (χ4n) is 1.55. The highest BCUT2D eigenvalue weighted by Gasteiger charge is 2.11. The molecule has 0 saturated carbocycles. The average molecular weight is 402 g/mol. The quantitative estimate of drug-likeness (QED) is 0.822. The minimum absolute atomic E-state index is 0.0299. The number of nitrogens with zero attached hydrogens (tertiary/aromatic N) is 2. The van der Waals surface area contributed by atoms with Crippen LogP contribution in [0.25, 0.3) is 0 Å². The summed E-state index contributed by atoms with van der Waals surface area (Å²) in [5.41, 5.74) is 6.05. The van der Waals surface area contributed by atoms with E-state index in [1.54, 1.807) is 18.2 Å². The molecule has 20 heavy (non-hydrogen) atoms. The van der Waals surface area contributed by atoms with Gasteiger partial charge in [0.15, 0.2) is 0 Å². The number of nitrogens with one attached hydrogen (secondary N) is 1. The van der Waals surface area contributed by atoms with Crippen LogP contribution in [0.2, 0.25) is 0 Å². The molecule has 2 aromatic rings. The van der Waals surface area contributed by atoms with Gasteiger partial charge in [0.2, 0.25) is 5.91 Å². The fourth-order valence-corrected chi connectivity index (χ4v) is 2.77. The molecule has 0 spiro atoms. The summed E-state index contributed by atoms with van der Waals surface area (Å²) in [5.74, 6) is -0.773. The lowest BCUT2D eigenvalue weighted by Crippen LogP contribution is -2.18. The molecule has 0 aliphatic heterocycles. The number of carbonyl (C=O) groups excluding carboxylic acids is 2. The monoisotopic (exact) mass is 400 g/mol. The SMILES string of the molecule is NC(=O)Cn1cc(NC(=O)c2ccc(Br)cc2Br)cn1. The molecule has 3 N–H and O–H groups in total. The highest BCUT2D eigenvalue weighted by atomic mass is 79.9. The molecule has 0 saturated heterocycles. The number of aromatic nitrogens is 2. The van der Waals surface area contributed by atoms with Crippen LogP contribution < -0.4 is 11.1 Å². The molecule has 0 aliphatic rings. The summed E-state index contributed by atoms with van der Waals surface area (Å²) in [6.45, 7) is -0.0299. The number of carbonyl (C=O) groups is 2. The molecule has 0 atom stereocenters. The Morgan fingerprint density at radius 1 is 1.35 bits per heavy atom. The molecule has 1 aromatic heterocycles. The maximum absolute atomic E-state index is 12.1. The Morgan fingerprint density at radius 3 is 2.75 bits per heavy atom. The van der Waals surface area contributed by atoms with Crippen LogP contribution in [0.1, 0.15) is 10.4 Å². The molecule has 1 heterocycles. The number of anilines is 1. The van der Waals surface area contributed by atoms with Gasteiger partial charge in [-0.1, -0.05) is 15.9 Å². The van der Waals surface area contributed by atoms with Gasteiger partial charge in [-0.25, -0.2) is 0 Å². The summed E-state index contributed by atoms with van der Waals surface area (Å²) in [6.07, 6.45) is 2.99. The second kappa shape index (κ2) is 6.19. The summed E-state index contributed by atoms with van der Waals surface area (Å²) in [6, 6.07) is 5.25. The number of hydrogen-bond acceptors (Lipinski definition) is 3. The van der Waals surface area contributed by atoms with E-state index in [2.05, 4.69) is 42.3 Å². The lowest BCUT2D eigenvalue weighted by molar-refractivity contribution is -0.118. The Morgan fingerprint density at radius 2 is 2.10 bits per heavy atom. The zero-order chi connectivity index (χ0) is 14.7. The van der Waals surface area contributed by atoms with E-state index in [1.807, 2.05) is 0 Å². The van der Waals surface area contributed by atoms with Crippen molar-refractivity contribution in [1.82, 2.24) is 9.78 Å². The number of hydrogen-bond donors (Lipinski definition) is 2. The van der Waals surface area contributed by atoms with Crippen LogP contribution in [0, 0.1) is 0 Å². The summed E-state index contributed by atoms with van der Waals surface area (Å²) >= 11 is 6.65. The van der Waals surface area contributed by atoms with Gasteiger partial charge in [-0.3, -0.25) is 14.3 Å². The smallest absolute Gasteiger partial charge is 0.256 e. The predicted octanol–water partition coefficient (Wildman–Crippen LogP) is 2.15. The van der Waals surface area contributed by atoms with E-state index < -0.39 is 5.91 Å². The van der Waals surface area contributed by atoms with Crippen molar-refractivity contribution in [3.8, 4) is 0 Å². The van der Waals surface area contributed by atoms with Gasteiger partial charge in [-0.05, 0) is 34.1 Å². The minimum atomic E-state index is -0.498. The van der Waals surface area contributed by atoms with Crippen LogP contribution in [-0.4, -0.2) is 21.6 Å². The largest absolute Gasteiger partial charge is 0.368 e. The van der Waals surface area contributed by atoms with Crippen molar-refractivity contribution in [2.75, 3.05) is 5.32 Å². The van der Waals surface area contributed by atoms with Crippen molar-refractivity contribution in [2.24, 2.45) is 5.73 Å². The highest BCUT2D eigenvalue weighted by molar-refractivity contribution is 9.11. The zero-order valence-corrected chi connectivity index (χ0v) is 13.3. The number of halogens is 2. The predicted molar refractivity (Wildman–Crippen MR) is 81.2 cm³/mol. The van der Waals surface area contributed by atoms with Crippen LogP contribution in [-0.2, 0) is 11.3 Å². The van der Waals surface area contributed by atoms with E-state index >= 15 is 0 Å². The Balaban J connectivity index is 2.11. The van der Waals surface area contributed by atoms with E-state index in [0.717, 1.165) is 4.47 Å². The summed E-state index contributed by atoms with van der Waals surface area (Å²) in [7, 11) is 0. The maximum atomic E-state index is 12.1. The first-order valence-electron chi connectivity index (χ1n) is 5.53. The topological polar surface area (TPSA) is 90.0 Å². The molecule has 0 fully saturated rings. The Hall–Kier alpha value is -1.67. The molecule has 0 unspecified atom stereocenters. The zero-order valence-electron chi connectivity index (χ0n) is 10.1. The van der Waals surface area contributed by atoms with Gasteiger partial charge in [0, 0.05) is 15.1 Å². The third kappa shape index (κ3) is 3.67. The molecule has 0 aliphatic carbocycles. The lowest BCUT2D eigenvalue weighted by atomic mass is 10.2. The second-order valence-corrected chi connectivity index (χ2v) is 5.74. The molecule has 2 amide bonds. The first-order chi connectivity index (χ1) is 9.45. The molecule has 8 heteroatoms. The van der Waals surface area contributed by atoms with E-state index in [4.69, 9.17) is 5.73 Å². The molecule has 6 nitrogen and oxygen atoms in total. The van der Waals surface area contributed by atoms with Crippen molar-refractivity contribution in [3.05, 3.63) is 45.1 Å². The standard InChI is InChI=1S/C12H10Br2N4O2/c13-7-1-2-9(10(14)3-7)12(20)17-8-4-16-18(5-8)6-11(15)19/h1-5H,6H2,(H2,15,19)(H,17,20). The summed E-state index contributed by atoms with van der Waals surface area (Å²) in [4.78, 5) is 22.9. The van der Waals surface area contributed by atoms with Crippen molar-refractivity contribution in [1.29, 1.82) is 0 Å². The van der Waals surface area contributed by atoms with Crippen molar-refractivity contribution in [3.63, 3.8) is 0 Å². The van der Waals surface area contributed by atoms with E-state index in [9.17, 15) is 9.59 Å². The number of benzene rings is 1. The normalized spacial score (nSPS) is 10.3. The lowest BCUT2D eigenvalue weighted by Gasteiger charge is -2.05. The summed E-state index contributed by atoms with van der Waals surface area (Å²) in [5, 5.41) is 6.61. The molecule has 0 radical (unpaired) electrons. The van der Waals surface area contributed by atoms with Crippen LogP contribution >= 0.6 is 31.9 Å². The van der Waals surface area contributed by atoms with Crippen LogP contribution in [0.15, 0.2) is 39.5 Å². The van der Waals surface area contributed by atoms with E-state index in [-0.39, 0.29) is 12.5 Å². The van der Waals surface area contributed by atoms with Crippen molar-refractivity contribution in [2.45, 2.75) is 6.54 Å². The molecule has 2 rings (SSSR count). The van der Waals surface area contributed by atoms with Crippen molar-refractivity contribution >= 4 is 49.4 Å². The third-order valence-electron chi connectivity index (χ3n) is 2.38. The Kier molecular flexibility index (Phi) is 4.56. The Bertz CT molecular complexity index is 669. The molecule has 0 bridgehead atoms. The van der Waals surface area contributed by atoms with E-state index in [1.165, 1.54) is 17.1 Å². The molecule has 104 valence electrons. The number of nitrogens with two attached hydrogens (primary N) is 1. The van der Waals surface area contributed by atoms with E-state index in [0.29, 0.717) is 15.7 Å². The Labute approximate surface area is 131 Å². The second-order valence-electron chi connectivity index (χ2n) is 3.97. The van der Waals surface area contributed by atoms with Gasteiger partial charge in [0.05, 0.1) is 17.4 Å². The average Bonchev–Trinajstić information content (AvgIpc) is 2.75. The molecular weight excluding hydrogens is 392 g/mol. The number of amides is 2. The molecule has 1 aromatic carbocycles.